The van der Waals surface area contributed by atoms with Crippen molar-refractivity contribution in [2.24, 2.45) is 0 Å². The molecule has 0 saturated carbocycles. The van der Waals surface area contributed by atoms with Gasteiger partial charge in [-0.3, -0.25) is 0 Å². The molecule has 1 aliphatic rings. The molecule has 0 bridgehead atoms. The first-order chi connectivity index (χ1) is 6.77. The van der Waals surface area contributed by atoms with Gasteiger partial charge in [-0.1, -0.05) is 6.07 Å². The highest BCUT2D eigenvalue weighted by Crippen LogP contribution is 2.27. The number of nitrogens with one attached hydrogen (secondary N) is 1. The molecule has 1 unspecified atom stereocenters. The molecule has 4 heteroatoms. The highest BCUT2D eigenvalue weighted by atomic mass is 14.9. The van der Waals surface area contributed by atoms with Gasteiger partial charge in [-0.15, -0.1) is 0 Å². The number of hydrogen-bond acceptors (Lipinski definition) is 4. The molecule has 1 aromatic rings. The van der Waals surface area contributed by atoms with Crippen LogP contribution in [-0.2, 0) is 0 Å². The van der Waals surface area contributed by atoms with Gasteiger partial charge in [0.1, 0.15) is 11.6 Å². The maximum Gasteiger partial charge on any atom is 0.129 e. The Morgan fingerprint density at radius 3 is 2.86 bits per heavy atom. The molecule has 1 saturated heterocycles. The Hall–Kier alpha value is -1.29. The standard InChI is InChI=1S/C10H16N4/c11-9-4-3-8(10(12)14-9)7-2-1-5-13-6-7/h3-4,7,13H,1-2,5-6H2,(H4,11,12,14). The van der Waals surface area contributed by atoms with Crippen molar-refractivity contribution in [3.63, 3.8) is 0 Å². The minimum absolute atomic E-state index is 0.495. The van der Waals surface area contributed by atoms with Crippen molar-refractivity contribution in [1.29, 1.82) is 0 Å². The monoisotopic (exact) mass is 192 g/mol. The van der Waals surface area contributed by atoms with Gasteiger partial charge in [-0.2, -0.15) is 0 Å². The third-order valence-electron chi connectivity index (χ3n) is 2.72. The van der Waals surface area contributed by atoms with Crippen LogP contribution in [0.25, 0.3) is 0 Å². The lowest BCUT2D eigenvalue weighted by Gasteiger charge is -2.23. The van der Waals surface area contributed by atoms with E-state index in [1.807, 2.05) is 12.1 Å². The van der Waals surface area contributed by atoms with E-state index in [0.717, 1.165) is 18.7 Å². The highest BCUT2D eigenvalue weighted by molar-refractivity contribution is 5.48. The summed E-state index contributed by atoms with van der Waals surface area (Å²) in [6.45, 7) is 2.11. The zero-order valence-electron chi connectivity index (χ0n) is 8.16. The van der Waals surface area contributed by atoms with Crippen LogP contribution in [0.1, 0.15) is 24.3 Å². The van der Waals surface area contributed by atoms with Gasteiger partial charge in [-0.25, -0.2) is 4.98 Å². The Balaban J connectivity index is 2.22. The van der Waals surface area contributed by atoms with Crippen LogP contribution in [-0.4, -0.2) is 18.1 Å². The number of rotatable bonds is 1. The first-order valence-corrected chi connectivity index (χ1v) is 5.00. The first kappa shape index (κ1) is 9.27. The first-order valence-electron chi connectivity index (χ1n) is 5.00. The van der Waals surface area contributed by atoms with Gasteiger partial charge in [0.25, 0.3) is 0 Å². The normalized spacial score (nSPS) is 22.1. The van der Waals surface area contributed by atoms with Crippen LogP contribution < -0.4 is 16.8 Å². The number of nitrogens with zero attached hydrogens (tertiary/aromatic N) is 1. The summed E-state index contributed by atoms with van der Waals surface area (Å²) in [7, 11) is 0. The van der Waals surface area contributed by atoms with Crippen LogP contribution in [0.4, 0.5) is 11.6 Å². The minimum Gasteiger partial charge on any atom is -0.384 e. The van der Waals surface area contributed by atoms with Crippen LogP contribution in [0.2, 0.25) is 0 Å². The third kappa shape index (κ3) is 1.80. The van der Waals surface area contributed by atoms with Gasteiger partial charge in [0.05, 0.1) is 0 Å². The summed E-state index contributed by atoms with van der Waals surface area (Å²) in [5.41, 5.74) is 12.5. The van der Waals surface area contributed by atoms with Crippen molar-refractivity contribution >= 4 is 11.6 Å². The van der Waals surface area contributed by atoms with Gasteiger partial charge in [0, 0.05) is 12.5 Å². The molecule has 1 aromatic heterocycles. The molecular formula is C10H16N4. The number of aromatic nitrogens is 1. The lowest BCUT2D eigenvalue weighted by Crippen LogP contribution is -2.28. The number of anilines is 2. The summed E-state index contributed by atoms with van der Waals surface area (Å²) < 4.78 is 0. The maximum absolute atomic E-state index is 5.83. The molecule has 76 valence electrons. The van der Waals surface area contributed by atoms with E-state index >= 15 is 0 Å². The lowest BCUT2D eigenvalue weighted by atomic mass is 9.92. The Kier molecular flexibility index (Phi) is 2.54. The van der Waals surface area contributed by atoms with E-state index < -0.39 is 0 Å². The summed E-state index contributed by atoms with van der Waals surface area (Å²) in [4.78, 5) is 4.08. The van der Waals surface area contributed by atoms with E-state index in [1.54, 1.807) is 0 Å². The molecule has 5 N–H and O–H groups in total. The van der Waals surface area contributed by atoms with Crippen LogP contribution in [0, 0.1) is 0 Å². The number of nitrogens with two attached hydrogens (primary N) is 2. The number of nitrogen functional groups attached to an aromatic ring is 2. The molecule has 0 radical (unpaired) electrons. The molecule has 14 heavy (non-hydrogen) atoms. The predicted octanol–water partition coefficient (Wildman–Crippen LogP) is 0.713. The molecule has 0 aliphatic carbocycles. The third-order valence-corrected chi connectivity index (χ3v) is 2.72. The van der Waals surface area contributed by atoms with Crippen molar-refractivity contribution in [1.82, 2.24) is 10.3 Å². The van der Waals surface area contributed by atoms with E-state index in [1.165, 1.54) is 12.8 Å². The van der Waals surface area contributed by atoms with Crippen LogP contribution in [0.15, 0.2) is 12.1 Å². The van der Waals surface area contributed by atoms with Gasteiger partial charge < -0.3 is 16.8 Å². The van der Waals surface area contributed by atoms with Crippen molar-refractivity contribution < 1.29 is 0 Å². The second-order valence-electron chi connectivity index (χ2n) is 3.75. The van der Waals surface area contributed by atoms with E-state index in [2.05, 4.69) is 10.3 Å². The van der Waals surface area contributed by atoms with Gasteiger partial charge in [0.15, 0.2) is 0 Å². The molecule has 0 aromatic carbocycles. The topological polar surface area (TPSA) is 77.0 Å². The summed E-state index contributed by atoms with van der Waals surface area (Å²) >= 11 is 0. The number of pyridine rings is 1. The second kappa shape index (κ2) is 3.84. The van der Waals surface area contributed by atoms with E-state index in [9.17, 15) is 0 Å². The molecule has 0 amide bonds. The Morgan fingerprint density at radius 1 is 1.36 bits per heavy atom. The molecule has 2 heterocycles. The lowest BCUT2D eigenvalue weighted by molar-refractivity contribution is 0.462. The van der Waals surface area contributed by atoms with Gasteiger partial charge in [-0.05, 0) is 31.0 Å². The molecular weight excluding hydrogens is 176 g/mol. The predicted molar refractivity (Wildman–Crippen MR) is 57.9 cm³/mol. The molecule has 1 fully saturated rings. The molecule has 1 atom stereocenters. The molecule has 1 aliphatic heterocycles. The summed E-state index contributed by atoms with van der Waals surface area (Å²) in [6.07, 6.45) is 2.39. The largest absolute Gasteiger partial charge is 0.384 e. The Labute approximate surface area is 83.7 Å². The minimum atomic E-state index is 0.495. The molecule has 4 nitrogen and oxygen atoms in total. The molecule has 2 rings (SSSR count). The van der Waals surface area contributed by atoms with Gasteiger partial charge >= 0.3 is 0 Å². The van der Waals surface area contributed by atoms with Gasteiger partial charge in [0.2, 0.25) is 0 Å². The zero-order valence-corrected chi connectivity index (χ0v) is 8.16. The fraction of sp³-hybridized carbons (Fsp3) is 0.500. The maximum atomic E-state index is 5.83. The van der Waals surface area contributed by atoms with E-state index in [4.69, 9.17) is 11.5 Å². The Bertz CT molecular complexity index is 318. The quantitative estimate of drug-likeness (QED) is 0.612. The van der Waals surface area contributed by atoms with Crippen molar-refractivity contribution in [2.75, 3.05) is 24.6 Å². The fourth-order valence-electron chi connectivity index (χ4n) is 1.96. The number of piperidine rings is 1. The smallest absolute Gasteiger partial charge is 0.129 e. The van der Waals surface area contributed by atoms with Crippen molar-refractivity contribution in [3.8, 4) is 0 Å². The Morgan fingerprint density at radius 2 is 2.21 bits per heavy atom. The second-order valence-corrected chi connectivity index (χ2v) is 3.75. The average Bonchev–Trinajstić information content (AvgIpc) is 2.19. The van der Waals surface area contributed by atoms with Crippen LogP contribution in [0.3, 0.4) is 0 Å². The van der Waals surface area contributed by atoms with Crippen LogP contribution >= 0.6 is 0 Å². The van der Waals surface area contributed by atoms with Crippen LogP contribution in [0.5, 0.6) is 0 Å². The van der Waals surface area contributed by atoms with Crippen molar-refractivity contribution in [2.45, 2.75) is 18.8 Å². The van der Waals surface area contributed by atoms with E-state index in [0.29, 0.717) is 17.6 Å². The van der Waals surface area contributed by atoms with Crippen molar-refractivity contribution in [3.05, 3.63) is 17.7 Å². The fourth-order valence-corrected chi connectivity index (χ4v) is 1.96. The SMILES string of the molecule is Nc1ccc(C2CCCNC2)c(N)n1. The van der Waals surface area contributed by atoms with E-state index in [-0.39, 0.29) is 0 Å². The summed E-state index contributed by atoms with van der Waals surface area (Å²) in [5, 5.41) is 3.36. The zero-order chi connectivity index (χ0) is 9.97. The summed E-state index contributed by atoms with van der Waals surface area (Å²) in [6, 6.07) is 3.82. The average molecular weight is 192 g/mol. The summed E-state index contributed by atoms with van der Waals surface area (Å²) in [5.74, 6) is 1.57. The molecule has 0 spiro atoms. The highest BCUT2D eigenvalue weighted by Gasteiger charge is 2.17. The number of hydrogen-bond donors (Lipinski definition) is 3.